The molecule has 0 spiro atoms. The summed E-state index contributed by atoms with van der Waals surface area (Å²) < 4.78 is 32.0. The topological polar surface area (TPSA) is 115 Å². The lowest BCUT2D eigenvalue weighted by Crippen LogP contribution is -1.97. The van der Waals surface area contributed by atoms with Gasteiger partial charge in [0, 0.05) is 5.39 Å². The maximum absolute atomic E-state index is 11.4. The molecule has 7 nitrogen and oxygen atoms in total. The summed E-state index contributed by atoms with van der Waals surface area (Å²) in [5.41, 5.74) is 8.04. The quantitative estimate of drug-likeness (QED) is 0.504. The summed E-state index contributed by atoms with van der Waals surface area (Å²) in [6.45, 7) is 0. The first-order chi connectivity index (χ1) is 11.5. The van der Waals surface area contributed by atoms with Gasteiger partial charge in [-0.25, -0.2) is 5.53 Å². The van der Waals surface area contributed by atoms with Crippen LogP contribution in [0.5, 0.6) is 0 Å². The van der Waals surface area contributed by atoms with E-state index >= 15 is 0 Å². The van der Waals surface area contributed by atoms with Crippen LogP contribution in [0.25, 0.3) is 10.8 Å². The molecule has 0 aliphatic heterocycles. The molecule has 0 fully saturated rings. The highest BCUT2D eigenvalue weighted by molar-refractivity contribution is 7.86. The Balaban J connectivity index is 2.11. The summed E-state index contributed by atoms with van der Waals surface area (Å²) in [5, 5.41) is 13.1. The van der Waals surface area contributed by atoms with Crippen LogP contribution < -0.4 is 0 Å². The zero-order valence-corrected chi connectivity index (χ0v) is 13.1. The standard InChI is InChI=1S/C16H12N4O3S/c17-18-16-12-6-2-1-5-11(12)9-10-14(16)20-19-13-7-3-4-8-15(13)24(21,22)23/h1-10,17H,(H,21,22,23). The lowest BCUT2D eigenvalue weighted by molar-refractivity contribution is 0.483. The van der Waals surface area contributed by atoms with Crippen molar-refractivity contribution in [3.63, 3.8) is 0 Å². The second kappa shape index (κ2) is 6.26. The number of nitrogens with zero attached hydrogens (tertiary/aromatic N) is 3. The van der Waals surface area contributed by atoms with Crippen molar-refractivity contribution in [2.45, 2.75) is 4.90 Å². The third kappa shape index (κ3) is 3.05. The number of hydrogen-bond acceptors (Lipinski definition) is 6. The Hall–Kier alpha value is -2.97. The molecule has 24 heavy (non-hydrogen) atoms. The summed E-state index contributed by atoms with van der Waals surface area (Å²) in [7, 11) is -4.40. The zero-order chi connectivity index (χ0) is 17.2. The first-order valence-corrected chi connectivity index (χ1v) is 8.32. The van der Waals surface area contributed by atoms with E-state index in [1.807, 2.05) is 30.3 Å². The Labute approximate surface area is 137 Å². The van der Waals surface area contributed by atoms with E-state index in [-0.39, 0.29) is 10.6 Å². The minimum atomic E-state index is -4.40. The van der Waals surface area contributed by atoms with Crippen LogP contribution in [0.15, 0.2) is 80.9 Å². The number of rotatable bonds is 4. The Morgan fingerprint density at radius 1 is 0.833 bits per heavy atom. The van der Waals surface area contributed by atoms with Gasteiger partial charge < -0.3 is 0 Å². The molecule has 2 N–H and O–H groups in total. The molecule has 0 bridgehead atoms. The molecule has 0 heterocycles. The second-order valence-corrected chi connectivity index (χ2v) is 6.30. The van der Waals surface area contributed by atoms with Gasteiger partial charge in [0.2, 0.25) is 0 Å². The zero-order valence-electron chi connectivity index (χ0n) is 12.3. The molecule has 120 valence electrons. The van der Waals surface area contributed by atoms with Crippen LogP contribution in [-0.2, 0) is 10.1 Å². The van der Waals surface area contributed by atoms with Gasteiger partial charge in [0.1, 0.15) is 22.0 Å². The van der Waals surface area contributed by atoms with Gasteiger partial charge in [-0.3, -0.25) is 4.55 Å². The fourth-order valence-corrected chi connectivity index (χ4v) is 2.93. The van der Waals surface area contributed by atoms with Gasteiger partial charge >= 0.3 is 0 Å². The van der Waals surface area contributed by atoms with Crippen LogP contribution in [0.3, 0.4) is 0 Å². The molecule has 0 atom stereocenters. The van der Waals surface area contributed by atoms with E-state index in [9.17, 15) is 13.0 Å². The summed E-state index contributed by atoms with van der Waals surface area (Å²) in [4.78, 5) is -0.334. The molecule has 0 unspecified atom stereocenters. The molecule has 0 saturated carbocycles. The van der Waals surface area contributed by atoms with Crippen LogP contribution in [0.2, 0.25) is 0 Å². The Kier molecular flexibility index (Phi) is 4.15. The van der Waals surface area contributed by atoms with E-state index in [1.54, 1.807) is 12.1 Å². The number of hydrogen-bond donors (Lipinski definition) is 2. The van der Waals surface area contributed by atoms with E-state index in [0.717, 1.165) is 10.8 Å². The second-order valence-electron chi connectivity index (χ2n) is 4.91. The van der Waals surface area contributed by atoms with Gasteiger partial charge in [-0.05, 0) is 23.6 Å². The van der Waals surface area contributed by atoms with Crippen LogP contribution >= 0.6 is 0 Å². The lowest BCUT2D eigenvalue weighted by atomic mass is 10.1. The number of azo groups is 1. The summed E-state index contributed by atoms with van der Waals surface area (Å²) in [5.74, 6) is 0. The van der Waals surface area contributed by atoms with Crippen molar-refractivity contribution in [3.8, 4) is 0 Å². The summed E-state index contributed by atoms with van der Waals surface area (Å²) in [6.07, 6.45) is 0. The van der Waals surface area contributed by atoms with E-state index in [4.69, 9.17) is 5.53 Å². The highest BCUT2D eigenvalue weighted by Gasteiger charge is 2.14. The van der Waals surface area contributed by atoms with E-state index in [1.165, 1.54) is 18.2 Å². The third-order valence-corrected chi connectivity index (χ3v) is 4.30. The monoisotopic (exact) mass is 340 g/mol. The van der Waals surface area contributed by atoms with Crippen LogP contribution in [0.1, 0.15) is 0 Å². The Morgan fingerprint density at radius 3 is 2.25 bits per heavy atom. The maximum Gasteiger partial charge on any atom is 0.296 e. The third-order valence-electron chi connectivity index (χ3n) is 3.40. The largest absolute Gasteiger partial charge is 0.296 e. The van der Waals surface area contributed by atoms with Crippen LogP contribution in [-0.4, -0.2) is 13.0 Å². The fourth-order valence-electron chi connectivity index (χ4n) is 2.31. The molecule has 8 heteroatoms. The van der Waals surface area contributed by atoms with Crippen molar-refractivity contribution in [1.29, 1.82) is 5.53 Å². The average Bonchev–Trinajstić information content (AvgIpc) is 2.58. The summed E-state index contributed by atoms with van der Waals surface area (Å²) >= 11 is 0. The van der Waals surface area contributed by atoms with Crippen molar-refractivity contribution in [2.24, 2.45) is 15.3 Å². The van der Waals surface area contributed by atoms with E-state index in [0.29, 0.717) is 11.4 Å². The van der Waals surface area contributed by atoms with Gasteiger partial charge in [0.05, 0.1) is 0 Å². The van der Waals surface area contributed by atoms with Gasteiger partial charge in [-0.2, -0.15) is 13.5 Å². The summed E-state index contributed by atoms with van der Waals surface area (Å²) in [6, 6.07) is 16.6. The normalized spacial score (nSPS) is 11.9. The van der Waals surface area contributed by atoms with Crippen molar-refractivity contribution >= 4 is 38.0 Å². The number of benzene rings is 3. The average molecular weight is 340 g/mol. The molecular weight excluding hydrogens is 328 g/mol. The smallest absolute Gasteiger partial charge is 0.282 e. The molecule has 3 rings (SSSR count). The predicted molar refractivity (Wildman–Crippen MR) is 89.2 cm³/mol. The minimum absolute atomic E-state index is 0.00379. The molecular formula is C16H12N4O3S. The van der Waals surface area contributed by atoms with Crippen molar-refractivity contribution in [3.05, 3.63) is 60.7 Å². The van der Waals surface area contributed by atoms with Gasteiger partial charge in [0.25, 0.3) is 10.1 Å². The van der Waals surface area contributed by atoms with Gasteiger partial charge in [-0.1, -0.05) is 42.5 Å². The number of fused-ring (bicyclic) bond motifs is 1. The molecule has 0 aliphatic rings. The van der Waals surface area contributed by atoms with Gasteiger partial charge in [0.15, 0.2) is 0 Å². The predicted octanol–water partition coefficient (Wildman–Crippen LogP) is 5.16. The first-order valence-electron chi connectivity index (χ1n) is 6.88. The van der Waals surface area contributed by atoms with Crippen LogP contribution in [0, 0.1) is 5.53 Å². The lowest BCUT2D eigenvalue weighted by Gasteiger charge is -2.04. The fraction of sp³-hybridized carbons (Fsp3) is 0. The van der Waals surface area contributed by atoms with Crippen molar-refractivity contribution < 1.29 is 13.0 Å². The Morgan fingerprint density at radius 2 is 1.50 bits per heavy atom. The molecule has 0 saturated heterocycles. The van der Waals surface area contributed by atoms with E-state index in [2.05, 4.69) is 15.3 Å². The molecule has 0 aromatic heterocycles. The highest BCUT2D eigenvalue weighted by Crippen LogP contribution is 2.37. The van der Waals surface area contributed by atoms with Gasteiger partial charge in [-0.15, -0.1) is 10.2 Å². The number of nitrogens with one attached hydrogen (secondary N) is 1. The minimum Gasteiger partial charge on any atom is -0.282 e. The first kappa shape index (κ1) is 15.9. The van der Waals surface area contributed by atoms with Crippen molar-refractivity contribution in [2.75, 3.05) is 0 Å². The molecule has 0 amide bonds. The van der Waals surface area contributed by atoms with E-state index < -0.39 is 10.1 Å². The highest BCUT2D eigenvalue weighted by atomic mass is 32.2. The van der Waals surface area contributed by atoms with Crippen LogP contribution in [0.4, 0.5) is 17.1 Å². The maximum atomic E-state index is 11.4. The van der Waals surface area contributed by atoms with Crippen molar-refractivity contribution in [1.82, 2.24) is 0 Å². The molecule has 3 aromatic rings. The molecule has 3 aromatic carbocycles. The SMILES string of the molecule is N=Nc1c(N=Nc2ccccc2S(=O)(=O)O)ccc2ccccc12. The Bertz CT molecular complexity index is 1060. The molecule has 0 aliphatic carbocycles. The molecule has 0 radical (unpaired) electrons.